The Labute approximate surface area is 338 Å². The molecule has 16 heteroatoms. The summed E-state index contributed by atoms with van der Waals surface area (Å²) in [5.41, 5.74) is -1.62. The van der Waals surface area contributed by atoms with Gasteiger partial charge >= 0.3 is 12.0 Å². The van der Waals surface area contributed by atoms with Crippen molar-refractivity contribution in [1.29, 1.82) is 0 Å². The lowest BCUT2D eigenvalue weighted by molar-refractivity contribution is -0.156. The Kier molecular flexibility index (Phi) is 11.1. The second-order valence-corrected chi connectivity index (χ2v) is 18.9. The highest BCUT2D eigenvalue weighted by atomic mass is 32.2. The molecule has 0 radical (unpaired) electrons. The minimum absolute atomic E-state index is 0.00644. The lowest BCUT2D eigenvalue weighted by Gasteiger charge is -2.32. The number of allylic oxidation sites excluding steroid dienone is 2. The molecular weight excluding hydrogens is 767 g/mol. The monoisotopic (exact) mass is 819 g/mol. The zero-order valence-corrected chi connectivity index (χ0v) is 33.8. The maximum atomic E-state index is 14.9. The first kappa shape index (κ1) is 40.1. The number of amides is 3. The summed E-state index contributed by atoms with van der Waals surface area (Å²) < 4.78 is 47.4. The molecule has 2 aromatic rings. The Morgan fingerprint density at radius 1 is 1.00 bits per heavy atom. The SMILES string of the molecule is C=C[C@H]1C[C@]1(NC(=O)[C@@H]1C[C@@H]2CN1C(=O)[C@H](C1CCCC1)CC(=O)O[C@@H]1CCC[C@H]1CC/C=C/Cn1c(nc3c(OC)cccc3c1=O)O2)C(=O)NS(=O)(=O)C1CC1. The van der Waals surface area contributed by atoms with Gasteiger partial charge in [-0.3, -0.25) is 33.3 Å². The van der Waals surface area contributed by atoms with E-state index in [1.807, 2.05) is 12.2 Å². The number of benzene rings is 1. The van der Waals surface area contributed by atoms with Crippen molar-refractivity contribution in [3.63, 3.8) is 0 Å². The van der Waals surface area contributed by atoms with Crippen LogP contribution >= 0.6 is 0 Å². The van der Waals surface area contributed by atoms with Crippen LogP contribution in [-0.4, -0.2) is 89.3 Å². The van der Waals surface area contributed by atoms with Crippen LogP contribution in [0.3, 0.4) is 0 Å². The summed E-state index contributed by atoms with van der Waals surface area (Å²) >= 11 is 0. The number of hydrogen-bond donors (Lipinski definition) is 2. The Morgan fingerprint density at radius 3 is 2.50 bits per heavy atom. The first-order chi connectivity index (χ1) is 27.9. The van der Waals surface area contributed by atoms with Crippen molar-refractivity contribution in [3.8, 4) is 11.8 Å². The normalized spacial score (nSPS) is 31.2. The van der Waals surface area contributed by atoms with Crippen LogP contribution in [0, 0.1) is 23.7 Å². The van der Waals surface area contributed by atoms with Crippen LogP contribution in [0.1, 0.15) is 89.9 Å². The quantitative estimate of drug-likeness (QED) is 0.292. The molecule has 312 valence electrons. The average molecular weight is 820 g/mol. The number of carbonyl (C=O) groups is 4. The molecule has 2 aliphatic heterocycles. The smallest absolute Gasteiger partial charge is 0.306 e. The molecule has 5 fully saturated rings. The lowest BCUT2D eigenvalue weighted by atomic mass is 9.86. The number of fused-ring (bicyclic) bond motifs is 5. The first-order valence-corrected chi connectivity index (χ1v) is 22.4. The Hall–Kier alpha value is -4.73. The highest BCUT2D eigenvalue weighted by Gasteiger charge is 2.62. The van der Waals surface area contributed by atoms with Crippen LogP contribution in [-0.2, 0) is 40.5 Å². The number of rotatable bonds is 8. The Balaban J connectivity index is 1.16. The van der Waals surface area contributed by atoms with E-state index < -0.39 is 68.5 Å². The van der Waals surface area contributed by atoms with Gasteiger partial charge in [-0.1, -0.05) is 37.1 Å². The molecule has 1 saturated heterocycles. The van der Waals surface area contributed by atoms with Crippen molar-refractivity contribution in [2.75, 3.05) is 13.7 Å². The standard InChI is InChI=1S/C42H53N5O10S/c1-3-27-23-42(27,40(52)45-58(53,54)29-18-19-29)44-37(49)32-21-28-24-47(32)39(51)31(25-11-6-7-12-25)22-35(48)57-33-16-9-14-26(33)13-5-4-8-20-46-38(50)30-15-10-17-34(55-2)36(30)43-41(46)56-28/h3-4,8,10,15,17,25-29,31-33H,1,5-7,9,11-14,16,18-24H2,2H3,(H,44,49)(H,45,52)/b8-4+/t26-,27+,28-,31+,32+,33-,42-/m1/s1. The summed E-state index contributed by atoms with van der Waals surface area (Å²) in [4.78, 5) is 77.1. The zero-order valence-electron chi connectivity index (χ0n) is 32.9. The van der Waals surface area contributed by atoms with Crippen LogP contribution in [0.25, 0.3) is 10.9 Å². The third kappa shape index (κ3) is 7.87. The number of ether oxygens (including phenoxy) is 3. The molecule has 0 unspecified atom stereocenters. The van der Waals surface area contributed by atoms with Gasteiger partial charge in [-0.25, -0.2) is 8.42 Å². The van der Waals surface area contributed by atoms with Crippen molar-refractivity contribution >= 4 is 44.6 Å². The third-order valence-corrected chi connectivity index (χ3v) is 15.0. The van der Waals surface area contributed by atoms with E-state index in [2.05, 4.69) is 16.6 Å². The van der Waals surface area contributed by atoms with E-state index >= 15 is 0 Å². The molecule has 3 heterocycles. The van der Waals surface area contributed by atoms with Gasteiger partial charge in [-0.15, -0.1) is 6.58 Å². The number of methoxy groups -OCH3 is 1. The lowest BCUT2D eigenvalue weighted by Crippen LogP contribution is -2.57. The largest absolute Gasteiger partial charge is 0.494 e. The predicted molar refractivity (Wildman–Crippen MR) is 212 cm³/mol. The summed E-state index contributed by atoms with van der Waals surface area (Å²) in [6.07, 6.45) is 12.7. The molecule has 3 amide bonds. The highest BCUT2D eigenvalue weighted by Crippen LogP contribution is 2.46. The minimum atomic E-state index is -3.92. The van der Waals surface area contributed by atoms with Crippen LogP contribution in [0.4, 0.5) is 0 Å². The maximum absolute atomic E-state index is 14.9. The molecule has 2 N–H and O–H groups in total. The molecule has 7 atom stereocenters. The fourth-order valence-corrected chi connectivity index (χ4v) is 11.0. The third-order valence-electron chi connectivity index (χ3n) is 13.2. The number of carbonyl (C=O) groups excluding carboxylic acids is 4. The fourth-order valence-electron chi connectivity index (χ4n) is 9.68. The number of nitrogens with one attached hydrogen (secondary N) is 2. The van der Waals surface area contributed by atoms with Gasteiger partial charge < -0.3 is 24.4 Å². The van der Waals surface area contributed by atoms with E-state index in [1.54, 1.807) is 18.2 Å². The fraction of sp³-hybridized carbons (Fsp3) is 0.619. The van der Waals surface area contributed by atoms with E-state index in [0.29, 0.717) is 29.5 Å². The predicted octanol–water partition coefficient (Wildman–Crippen LogP) is 3.68. The van der Waals surface area contributed by atoms with Crippen LogP contribution in [0.15, 0.2) is 47.8 Å². The molecular formula is C42H53N5O10S. The molecule has 8 rings (SSSR count). The molecule has 4 saturated carbocycles. The van der Waals surface area contributed by atoms with Crippen LogP contribution in [0.2, 0.25) is 0 Å². The topological polar surface area (TPSA) is 192 Å². The summed E-state index contributed by atoms with van der Waals surface area (Å²) in [5, 5.41) is 2.52. The average Bonchev–Trinajstić information content (AvgIpc) is 3.99. The van der Waals surface area contributed by atoms with Gasteiger partial charge in [0.25, 0.3) is 11.5 Å². The van der Waals surface area contributed by atoms with Crippen LogP contribution in [0.5, 0.6) is 11.8 Å². The highest BCUT2D eigenvalue weighted by molar-refractivity contribution is 7.91. The number of esters is 1. The van der Waals surface area contributed by atoms with Gasteiger partial charge in [0.2, 0.25) is 21.8 Å². The van der Waals surface area contributed by atoms with Crippen molar-refractivity contribution < 1.29 is 41.8 Å². The van der Waals surface area contributed by atoms with Gasteiger partial charge in [0.05, 0.1) is 36.6 Å². The summed E-state index contributed by atoms with van der Waals surface area (Å²) in [6.45, 7) is 3.87. The van der Waals surface area contributed by atoms with Crippen molar-refractivity contribution in [3.05, 3.63) is 53.4 Å². The Bertz CT molecular complexity index is 2180. The second kappa shape index (κ2) is 16.1. The summed E-state index contributed by atoms with van der Waals surface area (Å²) in [5.74, 6) is -3.17. The van der Waals surface area contributed by atoms with Gasteiger partial charge in [0.1, 0.15) is 35.1 Å². The summed E-state index contributed by atoms with van der Waals surface area (Å²) in [7, 11) is -2.43. The van der Waals surface area contributed by atoms with Crippen molar-refractivity contribution in [2.45, 2.75) is 125 Å². The molecule has 0 spiro atoms. The van der Waals surface area contributed by atoms with Gasteiger partial charge in [-0.2, -0.15) is 4.98 Å². The molecule has 15 nitrogen and oxygen atoms in total. The second-order valence-electron chi connectivity index (χ2n) is 17.0. The van der Waals surface area contributed by atoms with Crippen molar-refractivity contribution in [2.24, 2.45) is 23.7 Å². The molecule has 58 heavy (non-hydrogen) atoms. The van der Waals surface area contributed by atoms with E-state index in [0.717, 1.165) is 57.8 Å². The van der Waals surface area contributed by atoms with E-state index in [-0.39, 0.29) is 61.9 Å². The molecule has 4 aliphatic carbocycles. The van der Waals surface area contributed by atoms with Gasteiger partial charge in [0, 0.05) is 18.9 Å². The van der Waals surface area contributed by atoms with E-state index in [1.165, 1.54) is 22.7 Å². The van der Waals surface area contributed by atoms with Crippen molar-refractivity contribution in [1.82, 2.24) is 24.5 Å². The zero-order chi connectivity index (χ0) is 40.8. The number of nitrogens with zero attached hydrogens (tertiary/aromatic N) is 3. The first-order valence-electron chi connectivity index (χ1n) is 20.8. The Morgan fingerprint density at radius 2 is 1.78 bits per heavy atom. The molecule has 6 aliphatic rings. The van der Waals surface area contributed by atoms with E-state index in [4.69, 9.17) is 19.2 Å². The molecule has 2 bridgehead atoms. The van der Waals surface area contributed by atoms with Gasteiger partial charge in [0.15, 0.2) is 0 Å². The molecule has 1 aromatic heterocycles. The number of hydrogen-bond acceptors (Lipinski definition) is 11. The number of para-hydroxylation sites is 1. The minimum Gasteiger partial charge on any atom is -0.494 e. The number of sulfonamides is 1. The molecule has 1 aromatic carbocycles. The van der Waals surface area contributed by atoms with E-state index in [9.17, 15) is 32.4 Å². The van der Waals surface area contributed by atoms with Gasteiger partial charge in [-0.05, 0) is 88.2 Å². The summed E-state index contributed by atoms with van der Waals surface area (Å²) in [6, 6.07) is 3.92. The van der Waals surface area contributed by atoms with Crippen LogP contribution < -0.4 is 25.1 Å². The number of aromatic nitrogens is 2. The maximum Gasteiger partial charge on any atom is 0.306 e.